The van der Waals surface area contributed by atoms with Crippen LogP contribution in [0.5, 0.6) is 0 Å². The van der Waals surface area contributed by atoms with Crippen LogP contribution in [0.15, 0.2) is 0 Å². The highest BCUT2D eigenvalue weighted by atomic mass is 16.6. The molecule has 2 unspecified atom stereocenters. The van der Waals surface area contributed by atoms with Gasteiger partial charge in [0.25, 0.3) is 0 Å². The monoisotopic (exact) mass is 253 g/mol. The molecule has 0 amide bonds. The van der Waals surface area contributed by atoms with Crippen molar-refractivity contribution in [3.05, 3.63) is 0 Å². The molecule has 1 saturated carbocycles. The van der Waals surface area contributed by atoms with Crippen LogP contribution in [0.25, 0.3) is 0 Å². The fraction of sp³-hybridized carbons (Fsp3) is 0.923. The first-order valence-corrected chi connectivity index (χ1v) is 6.71. The maximum atomic E-state index is 9.89. The zero-order valence-corrected chi connectivity index (χ0v) is 10.3. The van der Waals surface area contributed by atoms with Crippen molar-refractivity contribution in [1.82, 2.24) is 0 Å². The Morgan fingerprint density at radius 3 is 2.89 bits per heavy atom. The van der Waals surface area contributed by atoms with Gasteiger partial charge in [0.05, 0.1) is 36.1 Å². The van der Waals surface area contributed by atoms with Crippen molar-refractivity contribution in [2.45, 2.75) is 74.6 Å². The number of aliphatic hydroxyl groups excluding tert-OH is 2. The van der Waals surface area contributed by atoms with Crippen LogP contribution in [-0.4, -0.2) is 46.3 Å². The summed E-state index contributed by atoms with van der Waals surface area (Å²) in [5, 5.41) is 28.4. The largest absolute Gasteiger partial charge is 0.390 e. The number of hydrogen-bond donors (Lipinski definition) is 2. The molecule has 0 aromatic rings. The Kier molecular flexibility index (Phi) is 3.07. The number of aliphatic hydroxyl groups is 2. The molecule has 6 atom stereocenters. The molecule has 1 aliphatic carbocycles. The molecule has 18 heavy (non-hydrogen) atoms. The van der Waals surface area contributed by atoms with Gasteiger partial charge in [-0.15, -0.1) is 0 Å². The molecule has 2 bridgehead atoms. The quantitative estimate of drug-likeness (QED) is 0.748. The Balaban J connectivity index is 1.74. The molecule has 0 aromatic heterocycles. The Bertz CT molecular complexity index is 368. The van der Waals surface area contributed by atoms with Crippen LogP contribution < -0.4 is 0 Å². The van der Waals surface area contributed by atoms with Crippen LogP contribution in [0.3, 0.4) is 0 Å². The van der Waals surface area contributed by atoms with Crippen molar-refractivity contribution >= 4 is 0 Å². The van der Waals surface area contributed by atoms with Crippen LogP contribution in [0.2, 0.25) is 0 Å². The van der Waals surface area contributed by atoms with Crippen molar-refractivity contribution in [2.24, 2.45) is 0 Å². The first-order chi connectivity index (χ1) is 8.64. The highest BCUT2D eigenvalue weighted by molar-refractivity contribution is 5.09. The zero-order valence-electron chi connectivity index (χ0n) is 10.3. The van der Waals surface area contributed by atoms with E-state index in [1.807, 2.05) is 0 Å². The van der Waals surface area contributed by atoms with E-state index in [1.165, 1.54) is 0 Å². The van der Waals surface area contributed by atoms with Crippen molar-refractivity contribution in [3.8, 4) is 6.07 Å². The summed E-state index contributed by atoms with van der Waals surface area (Å²) < 4.78 is 12.0. The van der Waals surface area contributed by atoms with E-state index in [-0.39, 0.29) is 18.3 Å². The van der Waals surface area contributed by atoms with Gasteiger partial charge in [-0.2, -0.15) is 5.26 Å². The van der Waals surface area contributed by atoms with Crippen molar-refractivity contribution in [3.63, 3.8) is 0 Å². The third kappa shape index (κ3) is 1.84. The van der Waals surface area contributed by atoms with Gasteiger partial charge >= 0.3 is 0 Å². The lowest BCUT2D eigenvalue weighted by atomic mass is 9.76. The molecule has 2 heterocycles. The molecule has 2 N–H and O–H groups in total. The molecule has 3 fully saturated rings. The first-order valence-electron chi connectivity index (χ1n) is 6.71. The summed E-state index contributed by atoms with van der Waals surface area (Å²) in [5.41, 5.74) is -0.429. The smallest absolute Gasteiger partial charge is 0.106 e. The number of ether oxygens (including phenoxy) is 2. The summed E-state index contributed by atoms with van der Waals surface area (Å²) in [6.07, 6.45) is 2.38. The maximum absolute atomic E-state index is 9.89. The molecule has 5 nitrogen and oxygen atoms in total. The Labute approximate surface area is 106 Å². The van der Waals surface area contributed by atoms with Gasteiger partial charge in [-0.05, 0) is 19.3 Å². The molecular formula is C13H19NO4. The molecule has 2 aliphatic heterocycles. The highest BCUT2D eigenvalue weighted by Crippen LogP contribution is 2.49. The predicted octanol–water partition coefficient (Wildman–Crippen LogP) is 0.491. The SMILES string of the molecule is N#CCC[C@H]1CC[C@@H]2OC3CC2(C[C@@H](O)[C@H]3O)O1. The van der Waals surface area contributed by atoms with Crippen LogP contribution in [-0.2, 0) is 9.47 Å². The summed E-state index contributed by atoms with van der Waals surface area (Å²) in [5.74, 6) is 0. The summed E-state index contributed by atoms with van der Waals surface area (Å²) >= 11 is 0. The van der Waals surface area contributed by atoms with Crippen LogP contribution in [0.4, 0.5) is 0 Å². The van der Waals surface area contributed by atoms with Crippen molar-refractivity contribution in [2.75, 3.05) is 0 Å². The number of rotatable bonds is 2. The molecule has 3 rings (SSSR count). The molecule has 5 heteroatoms. The molecule has 100 valence electrons. The van der Waals surface area contributed by atoms with E-state index in [2.05, 4.69) is 6.07 Å². The van der Waals surface area contributed by atoms with Crippen molar-refractivity contribution in [1.29, 1.82) is 5.26 Å². The highest BCUT2D eigenvalue weighted by Gasteiger charge is 2.59. The normalized spacial score (nSPS) is 50.6. The summed E-state index contributed by atoms with van der Waals surface area (Å²) in [6, 6.07) is 2.14. The van der Waals surface area contributed by atoms with Crippen LogP contribution in [0, 0.1) is 11.3 Å². The van der Waals surface area contributed by atoms with E-state index >= 15 is 0 Å². The topological polar surface area (TPSA) is 82.7 Å². The lowest BCUT2D eigenvalue weighted by Crippen LogP contribution is -2.54. The number of nitrogens with zero attached hydrogens (tertiary/aromatic N) is 1. The van der Waals surface area contributed by atoms with E-state index in [0.717, 1.165) is 19.3 Å². The fourth-order valence-corrected chi connectivity index (χ4v) is 3.65. The Hall–Kier alpha value is -0.670. The molecule has 0 radical (unpaired) electrons. The number of nitriles is 1. The Morgan fingerprint density at radius 1 is 1.28 bits per heavy atom. The number of fused-ring (bicyclic) bond motifs is 1. The zero-order chi connectivity index (χ0) is 12.8. The van der Waals surface area contributed by atoms with Gasteiger partial charge in [-0.1, -0.05) is 0 Å². The molecule has 2 saturated heterocycles. The third-order valence-electron chi connectivity index (χ3n) is 4.53. The van der Waals surface area contributed by atoms with E-state index < -0.39 is 17.8 Å². The van der Waals surface area contributed by atoms with Crippen LogP contribution in [0.1, 0.15) is 38.5 Å². The van der Waals surface area contributed by atoms with Gasteiger partial charge in [-0.3, -0.25) is 0 Å². The van der Waals surface area contributed by atoms with Gasteiger partial charge in [0.15, 0.2) is 0 Å². The third-order valence-corrected chi connectivity index (χ3v) is 4.53. The summed E-state index contributed by atoms with van der Waals surface area (Å²) in [6.45, 7) is 0. The maximum Gasteiger partial charge on any atom is 0.106 e. The minimum Gasteiger partial charge on any atom is -0.390 e. The molecular weight excluding hydrogens is 234 g/mol. The first kappa shape index (κ1) is 12.4. The van der Waals surface area contributed by atoms with E-state index in [9.17, 15) is 10.2 Å². The summed E-state index contributed by atoms with van der Waals surface area (Å²) in [7, 11) is 0. The average molecular weight is 253 g/mol. The molecule has 0 aromatic carbocycles. The van der Waals surface area contributed by atoms with E-state index in [4.69, 9.17) is 14.7 Å². The van der Waals surface area contributed by atoms with E-state index in [0.29, 0.717) is 19.3 Å². The lowest BCUT2D eigenvalue weighted by Gasteiger charge is -2.44. The minimum atomic E-state index is -0.789. The summed E-state index contributed by atoms with van der Waals surface area (Å²) in [4.78, 5) is 0. The lowest BCUT2D eigenvalue weighted by molar-refractivity contribution is -0.178. The van der Waals surface area contributed by atoms with Gasteiger partial charge in [0.2, 0.25) is 0 Å². The fourth-order valence-electron chi connectivity index (χ4n) is 3.65. The minimum absolute atomic E-state index is 0.00682. The van der Waals surface area contributed by atoms with Gasteiger partial charge in [0.1, 0.15) is 6.10 Å². The van der Waals surface area contributed by atoms with Gasteiger partial charge in [-0.25, -0.2) is 0 Å². The predicted molar refractivity (Wildman–Crippen MR) is 61.6 cm³/mol. The van der Waals surface area contributed by atoms with E-state index in [1.54, 1.807) is 0 Å². The second kappa shape index (κ2) is 4.46. The van der Waals surface area contributed by atoms with Crippen LogP contribution >= 0.6 is 0 Å². The second-order valence-corrected chi connectivity index (χ2v) is 5.71. The van der Waals surface area contributed by atoms with Gasteiger partial charge in [0, 0.05) is 19.3 Å². The molecule has 3 aliphatic rings. The van der Waals surface area contributed by atoms with Crippen molar-refractivity contribution < 1.29 is 19.7 Å². The van der Waals surface area contributed by atoms with Gasteiger partial charge < -0.3 is 19.7 Å². The molecule has 1 spiro atoms. The number of hydrogen-bond acceptors (Lipinski definition) is 5. The standard InChI is InChI=1S/C13H19NO4/c14-5-1-2-8-3-4-11-13(18-8)6-9(15)12(16)10(7-13)17-11/h8-12,15-16H,1-4,6-7H2/t8-,9+,10?,11-,12+,13?/m0/s1. The second-order valence-electron chi connectivity index (χ2n) is 5.71. The Morgan fingerprint density at radius 2 is 2.11 bits per heavy atom. The average Bonchev–Trinajstić information content (AvgIpc) is 2.68.